The molecule has 2 aliphatic rings. The van der Waals surface area contributed by atoms with Crippen LogP contribution in [0.5, 0.6) is 0 Å². The number of nitrogens with zero attached hydrogens (tertiary/aromatic N) is 5. The molecule has 2 aliphatic heterocycles. The molecule has 0 bridgehead atoms. The number of rotatable bonds is 5. The fraction of sp³-hybridized carbons (Fsp3) is 0.500. The van der Waals surface area contributed by atoms with Crippen LogP contribution in [0.1, 0.15) is 6.42 Å². The quantitative estimate of drug-likeness (QED) is 0.600. The molecule has 0 aliphatic carbocycles. The first-order chi connectivity index (χ1) is 9.63. The Balaban J connectivity index is 1.61. The van der Waals surface area contributed by atoms with Crippen LogP contribution in [-0.4, -0.2) is 59.0 Å². The van der Waals surface area contributed by atoms with Gasteiger partial charge >= 0.3 is 5.97 Å². The molecule has 20 heavy (non-hydrogen) atoms. The van der Waals surface area contributed by atoms with E-state index in [0.29, 0.717) is 22.7 Å². The summed E-state index contributed by atoms with van der Waals surface area (Å²) in [5, 5.41) is 20.4. The Morgan fingerprint density at radius 3 is 3.20 bits per heavy atom. The molecule has 10 heteroatoms. The Kier molecular flexibility index (Phi) is 3.66. The van der Waals surface area contributed by atoms with Gasteiger partial charge in [-0.05, 0) is 16.0 Å². The zero-order valence-corrected chi connectivity index (χ0v) is 11.9. The number of carbonyl (C=O) groups is 2. The molecule has 1 fully saturated rings. The molecular formula is C10H11N5O3S2. The van der Waals surface area contributed by atoms with Crippen molar-refractivity contribution in [3.63, 3.8) is 0 Å². The molecule has 1 amide bonds. The maximum Gasteiger partial charge on any atom is 0.325 e. The van der Waals surface area contributed by atoms with E-state index in [4.69, 9.17) is 5.11 Å². The van der Waals surface area contributed by atoms with Crippen molar-refractivity contribution in [2.24, 2.45) is 0 Å². The third kappa shape index (κ3) is 2.66. The van der Waals surface area contributed by atoms with Gasteiger partial charge in [0, 0.05) is 17.7 Å². The van der Waals surface area contributed by atoms with Gasteiger partial charge in [0.05, 0.1) is 11.8 Å². The smallest absolute Gasteiger partial charge is 0.325 e. The van der Waals surface area contributed by atoms with E-state index in [1.54, 1.807) is 16.7 Å². The first kappa shape index (κ1) is 13.4. The number of hydrogen-bond acceptors (Lipinski definition) is 7. The fourth-order valence-electron chi connectivity index (χ4n) is 1.90. The lowest BCUT2D eigenvalue weighted by Gasteiger charge is -2.41. The maximum atomic E-state index is 11.4. The van der Waals surface area contributed by atoms with Gasteiger partial charge in [0.2, 0.25) is 11.1 Å². The predicted molar refractivity (Wildman–Crippen MR) is 72.0 cm³/mol. The molecule has 3 rings (SSSR count). The zero-order chi connectivity index (χ0) is 14.1. The third-order valence-electron chi connectivity index (χ3n) is 2.90. The second-order valence-electron chi connectivity index (χ2n) is 4.36. The van der Waals surface area contributed by atoms with Gasteiger partial charge in [-0.1, -0.05) is 11.8 Å². The van der Waals surface area contributed by atoms with Crippen LogP contribution in [0, 0.1) is 0 Å². The van der Waals surface area contributed by atoms with E-state index in [9.17, 15) is 9.59 Å². The van der Waals surface area contributed by atoms with Crippen LogP contribution >= 0.6 is 23.5 Å². The van der Waals surface area contributed by atoms with Crippen molar-refractivity contribution in [2.75, 3.05) is 11.5 Å². The average molecular weight is 313 g/mol. The molecule has 1 saturated heterocycles. The highest BCUT2D eigenvalue weighted by molar-refractivity contribution is 8.00. The summed E-state index contributed by atoms with van der Waals surface area (Å²) in [7, 11) is 0. The number of carboxylic acids is 1. The Morgan fingerprint density at radius 1 is 1.60 bits per heavy atom. The van der Waals surface area contributed by atoms with Crippen LogP contribution in [0.4, 0.5) is 0 Å². The molecule has 8 nitrogen and oxygen atoms in total. The van der Waals surface area contributed by atoms with Crippen molar-refractivity contribution in [3.8, 4) is 0 Å². The largest absolute Gasteiger partial charge is 0.480 e. The minimum atomic E-state index is -0.986. The summed E-state index contributed by atoms with van der Waals surface area (Å²) in [5.41, 5.74) is 1.12. The monoisotopic (exact) mass is 313 g/mol. The Morgan fingerprint density at radius 2 is 2.45 bits per heavy atom. The zero-order valence-electron chi connectivity index (χ0n) is 10.3. The molecule has 0 aromatic carbocycles. The van der Waals surface area contributed by atoms with Crippen LogP contribution < -0.4 is 0 Å². The van der Waals surface area contributed by atoms with E-state index in [1.807, 2.05) is 6.20 Å². The van der Waals surface area contributed by atoms with Crippen molar-refractivity contribution < 1.29 is 14.7 Å². The highest BCUT2D eigenvalue weighted by atomic mass is 32.2. The summed E-state index contributed by atoms with van der Waals surface area (Å²) in [6.45, 7) is -0.254. The number of thioether (sulfide) groups is 2. The van der Waals surface area contributed by atoms with Gasteiger partial charge in [-0.25, -0.2) is 4.68 Å². The van der Waals surface area contributed by atoms with E-state index < -0.39 is 5.97 Å². The number of aromatic nitrogens is 4. The number of carbonyl (C=O) groups excluding carboxylic acids is 1. The van der Waals surface area contributed by atoms with Crippen molar-refractivity contribution in [2.45, 2.75) is 23.5 Å². The number of aliphatic carboxylic acids is 1. The Bertz CT molecular complexity index is 587. The van der Waals surface area contributed by atoms with Gasteiger partial charge in [-0.3, -0.25) is 9.59 Å². The van der Waals surface area contributed by atoms with Gasteiger partial charge in [0.25, 0.3) is 0 Å². The second kappa shape index (κ2) is 5.44. The van der Waals surface area contributed by atoms with Crippen LogP contribution in [0.25, 0.3) is 0 Å². The normalized spacial score (nSPS) is 21.2. The number of β-lactam (4-membered cyclic amide) rings is 1. The molecule has 0 radical (unpaired) electrons. The van der Waals surface area contributed by atoms with Gasteiger partial charge in [0.1, 0.15) is 6.54 Å². The van der Waals surface area contributed by atoms with E-state index in [0.717, 1.165) is 11.3 Å². The highest BCUT2D eigenvalue weighted by Crippen LogP contribution is 2.36. The summed E-state index contributed by atoms with van der Waals surface area (Å²) >= 11 is 3.12. The molecule has 1 aromatic heterocycles. The minimum absolute atomic E-state index is 0.153. The molecule has 3 heterocycles. The van der Waals surface area contributed by atoms with Gasteiger partial charge in [0.15, 0.2) is 0 Å². The van der Waals surface area contributed by atoms with Crippen molar-refractivity contribution in [1.82, 2.24) is 25.1 Å². The summed E-state index contributed by atoms with van der Waals surface area (Å²) < 4.78 is 1.25. The standard InChI is InChI=1S/C10H11N5O3S2/c16-7-1-8-14(7)2-6(4-19-8)5-20-10-11-12-13-15(10)3-9(17)18/h2,8H,1,3-5H2,(H,17,18)/t8-/m0/s1. The van der Waals surface area contributed by atoms with E-state index in [2.05, 4.69) is 15.5 Å². The summed E-state index contributed by atoms with van der Waals surface area (Å²) in [4.78, 5) is 23.8. The van der Waals surface area contributed by atoms with E-state index in [-0.39, 0.29) is 12.5 Å². The molecule has 1 atom stereocenters. The van der Waals surface area contributed by atoms with E-state index >= 15 is 0 Å². The third-order valence-corrected chi connectivity index (χ3v) is 5.28. The van der Waals surface area contributed by atoms with Crippen molar-refractivity contribution in [3.05, 3.63) is 11.8 Å². The Labute approximate surface area is 122 Å². The lowest BCUT2D eigenvalue weighted by Crippen LogP contribution is -2.49. The second-order valence-corrected chi connectivity index (χ2v) is 6.47. The topological polar surface area (TPSA) is 101 Å². The van der Waals surface area contributed by atoms with E-state index in [1.165, 1.54) is 16.4 Å². The number of hydrogen-bond donors (Lipinski definition) is 1. The number of tetrazole rings is 1. The van der Waals surface area contributed by atoms with Crippen LogP contribution in [0.2, 0.25) is 0 Å². The number of carboxylic acid groups (broad SMARTS) is 1. The Hall–Kier alpha value is -1.55. The van der Waals surface area contributed by atoms with Crippen LogP contribution in [-0.2, 0) is 16.1 Å². The van der Waals surface area contributed by atoms with Gasteiger partial charge in [-0.2, -0.15) is 0 Å². The summed E-state index contributed by atoms with van der Waals surface area (Å²) in [6, 6.07) is 0. The minimum Gasteiger partial charge on any atom is -0.480 e. The number of amides is 1. The fourth-order valence-corrected chi connectivity index (χ4v) is 4.04. The lowest BCUT2D eigenvalue weighted by atomic mass is 10.2. The molecular weight excluding hydrogens is 302 g/mol. The average Bonchev–Trinajstić information content (AvgIpc) is 2.82. The first-order valence-electron chi connectivity index (χ1n) is 5.86. The highest BCUT2D eigenvalue weighted by Gasteiger charge is 2.37. The molecule has 0 spiro atoms. The van der Waals surface area contributed by atoms with Crippen molar-refractivity contribution in [1.29, 1.82) is 0 Å². The van der Waals surface area contributed by atoms with Crippen LogP contribution in [0.3, 0.4) is 0 Å². The van der Waals surface area contributed by atoms with Gasteiger partial charge < -0.3 is 10.0 Å². The number of fused-ring (bicyclic) bond motifs is 1. The summed E-state index contributed by atoms with van der Waals surface area (Å²) in [6.07, 6.45) is 2.52. The molecule has 1 aromatic rings. The van der Waals surface area contributed by atoms with Crippen LogP contribution in [0.15, 0.2) is 16.9 Å². The predicted octanol–water partition coefficient (Wildman–Crippen LogP) is 0.0389. The SMILES string of the molecule is O=C(O)Cn1nnnc1SCC1=CN2C(=O)C[C@@H]2SC1. The molecule has 0 unspecified atom stereocenters. The van der Waals surface area contributed by atoms with Crippen molar-refractivity contribution >= 4 is 35.4 Å². The summed E-state index contributed by atoms with van der Waals surface area (Å²) in [5.74, 6) is 0.687. The maximum absolute atomic E-state index is 11.4. The lowest BCUT2D eigenvalue weighted by molar-refractivity contribution is -0.138. The molecule has 0 saturated carbocycles. The molecule has 106 valence electrons. The molecule has 1 N–H and O–H groups in total. The first-order valence-corrected chi connectivity index (χ1v) is 7.90. The van der Waals surface area contributed by atoms with Gasteiger partial charge in [-0.15, -0.1) is 16.9 Å².